The first-order chi connectivity index (χ1) is 16.4. The zero-order valence-electron chi connectivity index (χ0n) is 18.3. The van der Waals surface area contributed by atoms with Crippen LogP contribution in [0.1, 0.15) is 22.7 Å². The van der Waals surface area contributed by atoms with Crippen molar-refractivity contribution in [2.45, 2.75) is 13.0 Å². The molecule has 1 fully saturated rings. The number of carbonyl (C=O) groups is 2. The highest BCUT2D eigenvalue weighted by Gasteiger charge is 2.48. The number of aliphatic hydroxyl groups excluding tert-OH is 1. The smallest absolute Gasteiger partial charge is 0.301 e. The summed E-state index contributed by atoms with van der Waals surface area (Å²) in [4.78, 5) is 32.6. The van der Waals surface area contributed by atoms with Gasteiger partial charge in [0.25, 0.3) is 5.78 Å². The Balaban J connectivity index is 1.73. The van der Waals surface area contributed by atoms with Gasteiger partial charge in [-0.2, -0.15) is 0 Å². The lowest BCUT2D eigenvalue weighted by molar-refractivity contribution is -0.132. The molecule has 1 aliphatic heterocycles. The summed E-state index contributed by atoms with van der Waals surface area (Å²) in [6.07, 6.45) is 0. The first-order valence-electron chi connectivity index (χ1n) is 10.5. The molecule has 6 nitrogen and oxygen atoms in total. The lowest BCUT2D eigenvalue weighted by Gasteiger charge is -2.23. The van der Waals surface area contributed by atoms with Crippen LogP contribution in [0, 0.1) is 6.92 Å². The van der Waals surface area contributed by atoms with Gasteiger partial charge in [-0.15, -0.1) is 0 Å². The van der Waals surface area contributed by atoms with Gasteiger partial charge in [0.15, 0.2) is 5.13 Å². The third kappa shape index (κ3) is 3.73. The molecule has 0 bridgehead atoms. The summed E-state index contributed by atoms with van der Waals surface area (Å²) in [5, 5.41) is 12.2. The monoisotopic (exact) mass is 490 g/mol. The summed E-state index contributed by atoms with van der Waals surface area (Å²) >= 11 is 7.39. The van der Waals surface area contributed by atoms with Crippen LogP contribution >= 0.6 is 22.9 Å². The van der Waals surface area contributed by atoms with Gasteiger partial charge >= 0.3 is 5.91 Å². The molecule has 1 N–H and O–H groups in total. The first-order valence-corrected chi connectivity index (χ1v) is 11.6. The molecule has 170 valence electrons. The zero-order chi connectivity index (χ0) is 24.0. The van der Waals surface area contributed by atoms with Crippen molar-refractivity contribution in [3.8, 4) is 5.75 Å². The van der Waals surface area contributed by atoms with E-state index in [4.69, 9.17) is 16.3 Å². The predicted molar refractivity (Wildman–Crippen MR) is 134 cm³/mol. The number of hydrogen-bond donors (Lipinski definition) is 1. The van der Waals surface area contributed by atoms with Crippen LogP contribution in [0.3, 0.4) is 0 Å². The summed E-state index contributed by atoms with van der Waals surface area (Å²) in [5.41, 5.74) is 2.77. The molecule has 2 heterocycles. The van der Waals surface area contributed by atoms with Gasteiger partial charge in [-0.1, -0.05) is 64.9 Å². The number of ketones is 1. The largest absolute Gasteiger partial charge is 0.507 e. The van der Waals surface area contributed by atoms with E-state index in [0.29, 0.717) is 32.5 Å². The second-order valence-electron chi connectivity index (χ2n) is 7.92. The van der Waals surface area contributed by atoms with Gasteiger partial charge in [-0.3, -0.25) is 14.5 Å². The van der Waals surface area contributed by atoms with Crippen molar-refractivity contribution in [2.24, 2.45) is 0 Å². The van der Waals surface area contributed by atoms with E-state index >= 15 is 0 Å². The Bertz CT molecular complexity index is 1480. The van der Waals surface area contributed by atoms with Crippen LogP contribution in [0.5, 0.6) is 5.75 Å². The molecular weight excluding hydrogens is 472 g/mol. The average Bonchev–Trinajstić information content (AvgIpc) is 3.37. The molecule has 1 aromatic heterocycles. The van der Waals surface area contributed by atoms with Gasteiger partial charge in [-0.25, -0.2) is 4.98 Å². The zero-order valence-corrected chi connectivity index (χ0v) is 19.9. The maximum Gasteiger partial charge on any atom is 0.301 e. The van der Waals surface area contributed by atoms with Gasteiger partial charge in [0.2, 0.25) is 0 Å². The van der Waals surface area contributed by atoms with Crippen molar-refractivity contribution < 1.29 is 19.4 Å². The quantitative estimate of drug-likeness (QED) is 0.219. The number of anilines is 1. The molecule has 0 aliphatic carbocycles. The maximum absolute atomic E-state index is 13.3. The maximum atomic E-state index is 13.3. The number of hydrogen-bond acceptors (Lipinski definition) is 6. The number of halogens is 1. The third-order valence-electron chi connectivity index (χ3n) is 5.73. The number of thiazole rings is 1. The van der Waals surface area contributed by atoms with Crippen LogP contribution in [-0.2, 0) is 9.59 Å². The number of Topliss-reactive ketones (excluding diaryl/α,β-unsaturated/α-hetero) is 1. The molecule has 34 heavy (non-hydrogen) atoms. The molecule has 0 radical (unpaired) electrons. The Labute approximate surface area is 204 Å². The minimum Gasteiger partial charge on any atom is -0.507 e. The second kappa shape index (κ2) is 8.59. The van der Waals surface area contributed by atoms with Gasteiger partial charge in [0.05, 0.1) is 28.9 Å². The molecule has 1 amide bonds. The molecule has 3 aromatic carbocycles. The van der Waals surface area contributed by atoms with Crippen LogP contribution in [0.4, 0.5) is 5.13 Å². The fourth-order valence-corrected chi connectivity index (χ4v) is 5.28. The normalized spacial score (nSPS) is 17.5. The number of methoxy groups -OCH3 is 1. The van der Waals surface area contributed by atoms with Crippen LogP contribution in [0.15, 0.2) is 72.3 Å². The molecular formula is C26H19ClN2O4S. The number of fused-ring (bicyclic) bond motifs is 1. The summed E-state index contributed by atoms with van der Waals surface area (Å²) in [6, 6.07) is 18.6. The molecule has 4 aromatic rings. The van der Waals surface area contributed by atoms with Crippen LogP contribution in [0.25, 0.3) is 16.0 Å². The lowest BCUT2D eigenvalue weighted by atomic mass is 9.95. The molecule has 0 spiro atoms. The van der Waals surface area contributed by atoms with Crippen molar-refractivity contribution in [1.29, 1.82) is 0 Å². The number of aryl methyl sites for hydroxylation is 1. The average molecular weight is 491 g/mol. The Hall–Kier alpha value is -3.68. The molecule has 5 rings (SSSR count). The Kier molecular flexibility index (Phi) is 5.59. The van der Waals surface area contributed by atoms with Crippen LogP contribution < -0.4 is 9.64 Å². The van der Waals surface area contributed by atoms with Crippen LogP contribution in [0.2, 0.25) is 5.02 Å². The summed E-state index contributed by atoms with van der Waals surface area (Å²) < 4.78 is 6.05. The summed E-state index contributed by atoms with van der Waals surface area (Å²) in [6.45, 7) is 1.95. The SMILES string of the molecule is COc1cccc(C(O)=C2C(=O)C(=O)N(c3nc4ccc(Cl)cc4s3)C2c2ccc(C)cc2)c1. The number of amides is 1. The van der Waals surface area contributed by atoms with E-state index < -0.39 is 17.7 Å². The van der Waals surface area contributed by atoms with Crippen LogP contribution in [-0.4, -0.2) is 28.9 Å². The lowest BCUT2D eigenvalue weighted by Crippen LogP contribution is -2.29. The number of ether oxygens (including phenoxy) is 1. The van der Waals surface area contributed by atoms with Gasteiger partial charge in [-0.05, 0) is 42.8 Å². The van der Waals surface area contributed by atoms with Gasteiger partial charge < -0.3 is 9.84 Å². The van der Waals surface area contributed by atoms with E-state index in [2.05, 4.69) is 4.98 Å². The van der Waals surface area contributed by atoms with E-state index in [0.717, 1.165) is 10.3 Å². The second-order valence-corrected chi connectivity index (χ2v) is 9.37. The molecule has 1 aliphatic rings. The number of nitrogens with zero attached hydrogens (tertiary/aromatic N) is 2. The number of aliphatic hydroxyl groups is 1. The first kappa shape index (κ1) is 22.1. The summed E-state index contributed by atoms with van der Waals surface area (Å²) in [5.74, 6) is -1.27. The minimum atomic E-state index is -0.845. The Morgan fingerprint density at radius 1 is 1.09 bits per heavy atom. The van der Waals surface area contributed by atoms with Crippen molar-refractivity contribution >= 4 is 55.7 Å². The fourth-order valence-electron chi connectivity index (χ4n) is 4.01. The molecule has 1 unspecified atom stereocenters. The van der Waals surface area contributed by atoms with Gasteiger partial charge in [0, 0.05) is 10.6 Å². The summed E-state index contributed by atoms with van der Waals surface area (Å²) in [7, 11) is 1.52. The van der Waals surface area contributed by atoms with E-state index in [1.165, 1.54) is 23.3 Å². The third-order valence-corrected chi connectivity index (χ3v) is 6.98. The van der Waals surface area contributed by atoms with Crippen molar-refractivity contribution in [3.05, 3.63) is 94.0 Å². The number of rotatable bonds is 4. The molecule has 1 saturated heterocycles. The minimum absolute atomic E-state index is 0.000561. The topological polar surface area (TPSA) is 79.7 Å². The highest BCUT2D eigenvalue weighted by Crippen LogP contribution is 2.44. The van der Waals surface area contributed by atoms with E-state index in [1.807, 2.05) is 31.2 Å². The number of aromatic nitrogens is 1. The van der Waals surface area contributed by atoms with E-state index in [1.54, 1.807) is 42.5 Å². The highest BCUT2D eigenvalue weighted by molar-refractivity contribution is 7.22. The van der Waals surface area contributed by atoms with Crippen molar-refractivity contribution in [2.75, 3.05) is 12.0 Å². The van der Waals surface area contributed by atoms with Crippen molar-refractivity contribution in [3.63, 3.8) is 0 Å². The molecule has 0 saturated carbocycles. The van der Waals surface area contributed by atoms with Crippen molar-refractivity contribution in [1.82, 2.24) is 4.98 Å². The molecule has 8 heteroatoms. The Morgan fingerprint density at radius 3 is 2.59 bits per heavy atom. The van der Waals surface area contributed by atoms with Gasteiger partial charge in [0.1, 0.15) is 11.5 Å². The number of benzene rings is 3. The predicted octanol–water partition coefficient (Wildman–Crippen LogP) is 5.89. The molecule has 1 atom stereocenters. The fraction of sp³-hybridized carbons (Fsp3) is 0.115. The Morgan fingerprint density at radius 2 is 1.85 bits per heavy atom. The highest BCUT2D eigenvalue weighted by atomic mass is 35.5. The van der Waals surface area contributed by atoms with E-state index in [9.17, 15) is 14.7 Å². The number of carbonyl (C=O) groups excluding carboxylic acids is 2. The van der Waals surface area contributed by atoms with E-state index in [-0.39, 0.29) is 11.3 Å². The standard InChI is InChI=1S/C26H19ClN2O4S/c1-14-6-8-15(9-7-14)22-21(23(30)16-4-3-5-18(12-16)33-2)24(31)25(32)29(22)26-28-19-11-10-17(27)13-20(19)34-26/h3-13,22,30H,1-2H3.